The third-order valence-corrected chi connectivity index (χ3v) is 6.19. The van der Waals surface area contributed by atoms with Gasteiger partial charge in [0.05, 0.1) is 18.2 Å². The Kier molecular flexibility index (Phi) is 5.67. The predicted octanol–water partition coefficient (Wildman–Crippen LogP) is 5.77. The van der Waals surface area contributed by atoms with Crippen LogP contribution in [0.1, 0.15) is 43.4 Å². The van der Waals surface area contributed by atoms with Crippen LogP contribution in [0.25, 0.3) is 10.9 Å². The van der Waals surface area contributed by atoms with Crippen LogP contribution in [0.4, 0.5) is 9.18 Å². The normalized spacial score (nSPS) is 17.2. The highest BCUT2D eigenvalue weighted by atomic mass is 32.1. The molecule has 1 aliphatic rings. The van der Waals surface area contributed by atoms with Crippen LogP contribution in [0.15, 0.2) is 41.2 Å². The molecule has 1 aromatic carbocycles. The lowest BCUT2D eigenvalue weighted by Gasteiger charge is -2.34. The summed E-state index contributed by atoms with van der Waals surface area (Å²) in [4.78, 5) is 14.3. The van der Waals surface area contributed by atoms with Crippen LogP contribution in [0.5, 0.6) is 0 Å². The van der Waals surface area contributed by atoms with E-state index in [4.69, 9.17) is 4.74 Å². The van der Waals surface area contributed by atoms with Crippen molar-refractivity contribution in [3.63, 3.8) is 0 Å². The van der Waals surface area contributed by atoms with Gasteiger partial charge in [0.1, 0.15) is 5.82 Å². The molecule has 4 nitrogen and oxygen atoms in total. The van der Waals surface area contributed by atoms with Gasteiger partial charge in [0.25, 0.3) is 0 Å². The van der Waals surface area contributed by atoms with E-state index in [1.807, 2.05) is 17.9 Å². The smallest absolute Gasteiger partial charge is 0.410 e. The topological polar surface area (TPSA) is 34.5 Å². The number of benzene rings is 1. The Morgan fingerprint density at radius 2 is 2.21 bits per heavy atom. The zero-order chi connectivity index (χ0) is 19.5. The largest absolute Gasteiger partial charge is 0.450 e. The van der Waals surface area contributed by atoms with E-state index in [1.54, 1.807) is 17.4 Å². The van der Waals surface area contributed by atoms with E-state index in [9.17, 15) is 9.18 Å². The van der Waals surface area contributed by atoms with Crippen LogP contribution in [-0.4, -0.2) is 28.7 Å². The van der Waals surface area contributed by atoms with Crippen molar-refractivity contribution in [2.45, 2.75) is 45.2 Å². The number of rotatable bonds is 5. The number of hydrogen-bond donors (Lipinski definition) is 0. The van der Waals surface area contributed by atoms with Crippen LogP contribution < -0.4 is 0 Å². The molecule has 28 heavy (non-hydrogen) atoms. The molecule has 148 valence electrons. The van der Waals surface area contributed by atoms with E-state index in [-0.39, 0.29) is 18.0 Å². The minimum absolute atomic E-state index is 0.0249. The molecule has 0 bridgehead atoms. The van der Waals surface area contributed by atoms with Crippen LogP contribution >= 0.6 is 11.3 Å². The predicted molar refractivity (Wildman–Crippen MR) is 110 cm³/mol. The monoisotopic (exact) mass is 400 g/mol. The standard InChI is InChI=1S/C22H25FN2O2S/c1-2-27-22(26)25-10-4-3-5-20(25)19-14-24(11-8-16-9-12-28-15-16)21-13-17(23)6-7-18(19)21/h6-7,9,12-15,20H,2-5,8,10-11H2,1H3. The van der Waals surface area contributed by atoms with Crippen molar-refractivity contribution in [1.82, 2.24) is 9.47 Å². The average molecular weight is 401 g/mol. The molecule has 0 spiro atoms. The van der Waals surface area contributed by atoms with Crippen molar-refractivity contribution < 1.29 is 13.9 Å². The van der Waals surface area contributed by atoms with Gasteiger partial charge in [-0.15, -0.1) is 0 Å². The fraction of sp³-hybridized carbons (Fsp3) is 0.409. The number of thiophene rings is 1. The van der Waals surface area contributed by atoms with Gasteiger partial charge in [-0.3, -0.25) is 0 Å². The maximum absolute atomic E-state index is 14.0. The molecule has 4 rings (SSSR count). The van der Waals surface area contributed by atoms with Crippen molar-refractivity contribution in [3.8, 4) is 0 Å². The third-order valence-electron chi connectivity index (χ3n) is 5.46. The second kappa shape index (κ2) is 8.35. The molecule has 6 heteroatoms. The van der Waals surface area contributed by atoms with Gasteiger partial charge in [-0.1, -0.05) is 0 Å². The van der Waals surface area contributed by atoms with E-state index in [0.29, 0.717) is 13.2 Å². The molecule has 2 aromatic heterocycles. The maximum atomic E-state index is 14.0. The van der Waals surface area contributed by atoms with Gasteiger partial charge in [0.2, 0.25) is 0 Å². The van der Waals surface area contributed by atoms with Gasteiger partial charge in [0, 0.05) is 30.2 Å². The quantitative estimate of drug-likeness (QED) is 0.545. The number of amides is 1. The van der Waals surface area contributed by atoms with Gasteiger partial charge in [-0.05, 0) is 73.2 Å². The van der Waals surface area contributed by atoms with Gasteiger partial charge >= 0.3 is 6.09 Å². The van der Waals surface area contributed by atoms with Crippen LogP contribution in [0, 0.1) is 5.82 Å². The van der Waals surface area contributed by atoms with Gasteiger partial charge in [0.15, 0.2) is 0 Å². The zero-order valence-corrected chi connectivity index (χ0v) is 16.9. The summed E-state index contributed by atoms with van der Waals surface area (Å²) >= 11 is 1.69. The van der Waals surface area contributed by atoms with E-state index in [1.165, 1.54) is 11.6 Å². The molecule has 0 saturated carbocycles. The Morgan fingerprint density at radius 3 is 3.00 bits per heavy atom. The van der Waals surface area contributed by atoms with Crippen LogP contribution in [-0.2, 0) is 17.7 Å². The first-order valence-electron chi connectivity index (χ1n) is 9.90. The molecule has 1 saturated heterocycles. The fourth-order valence-corrected chi connectivity index (χ4v) is 4.81. The lowest BCUT2D eigenvalue weighted by atomic mass is 9.95. The summed E-state index contributed by atoms with van der Waals surface area (Å²) in [6, 6.07) is 7.06. The summed E-state index contributed by atoms with van der Waals surface area (Å²) in [7, 11) is 0. The third kappa shape index (κ3) is 3.78. The van der Waals surface area contributed by atoms with Crippen molar-refractivity contribution in [2.75, 3.05) is 13.2 Å². The number of fused-ring (bicyclic) bond motifs is 1. The van der Waals surface area contributed by atoms with Crippen molar-refractivity contribution in [1.29, 1.82) is 0 Å². The highest BCUT2D eigenvalue weighted by Crippen LogP contribution is 2.37. The Morgan fingerprint density at radius 1 is 1.32 bits per heavy atom. The molecule has 1 atom stereocenters. The van der Waals surface area contributed by atoms with Gasteiger partial charge in [-0.25, -0.2) is 9.18 Å². The Bertz CT molecular complexity index is 951. The molecule has 3 heterocycles. The number of aryl methyl sites for hydroxylation is 2. The molecule has 1 unspecified atom stereocenters. The number of likely N-dealkylation sites (tertiary alicyclic amines) is 1. The Hall–Kier alpha value is -2.34. The number of piperidine rings is 1. The summed E-state index contributed by atoms with van der Waals surface area (Å²) in [5.41, 5.74) is 3.27. The average Bonchev–Trinajstić information content (AvgIpc) is 3.34. The first-order chi connectivity index (χ1) is 13.7. The molecule has 1 amide bonds. The zero-order valence-electron chi connectivity index (χ0n) is 16.1. The number of halogens is 1. The second-order valence-corrected chi connectivity index (χ2v) is 8.00. The minimum atomic E-state index is -0.256. The van der Waals surface area contributed by atoms with E-state index >= 15 is 0 Å². The molecule has 1 aliphatic heterocycles. The number of hydrogen-bond acceptors (Lipinski definition) is 3. The number of carbonyl (C=O) groups is 1. The summed E-state index contributed by atoms with van der Waals surface area (Å²) < 4.78 is 21.4. The lowest BCUT2D eigenvalue weighted by molar-refractivity contribution is 0.0769. The number of nitrogens with zero attached hydrogens (tertiary/aromatic N) is 2. The van der Waals surface area contributed by atoms with Crippen LogP contribution in [0.2, 0.25) is 0 Å². The number of carbonyl (C=O) groups excluding carboxylic acids is 1. The SMILES string of the molecule is CCOC(=O)N1CCCCC1c1cn(CCc2ccsc2)c2cc(F)ccc12. The second-order valence-electron chi connectivity index (χ2n) is 7.22. The minimum Gasteiger partial charge on any atom is -0.450 e. The molecular weight excluding hydrogens is 375 g/mol. The number of ether oxygens (including phenoxy) is 1. The summed E-state index contributed by atoms with van der Waals surface area (Å²) in [5, 5.41) is 5.25. The van der Waals surface area contributed by atoms with Gasteiger partial charge < -0.3 is 14.2 Å². The molecular formula is C22H25FN2O2S. The van der Waals surface area contributed by atoms with Gasteiger partial charge in [-0.2, -0.15) is 11.3 Å². The Labute approximate surface area is 168 Å². The van der Waals surface area contributed by atoms with Crippen molar-refractivity contribution >= 4 is 28.3 Å². The van der Waals surface area contributed by atoms with Crippen LogP contribution in [0.3, 0.4) is 0 Å². The summed E-state index contributed by atoms with van der Waals surface area (Å²) in [5.74, 6) is -0.236. The van der Waals surface area contributed by atoms with E-state index in [2.05, 4.69) is 27.6 Å². The summed E-state index contributed by atoms with van der Waals surface area (Å²) in [6.45, 7) is 3.68. The summed E-state index contributed by atoms with van der Waals surface area (Å²) in [6.07, 6.45) is 5.71. The lowest BCUT2D eigenvalue weighted by Crippen LogP contribution is -2.38. The van der Waals surface area contributed by atoms with E-state index in [0.717, 1.165) is 48.7 Å². The molecule has 0 radical (unpaired) electrons. The molecule has 0 aliphatic carbocycles. The van der Waals surface area contributed by atoms with E-state index < -0.39 is 0 Å². The maximum Gasteiger partial charge on any atom is 0.410 e. The highest BCUT2D eigenvalue weighted by Gasteiger charge is 2.31. The molecule has 0 N–H and O–H groups in total. The number of aromatic nitrogens is 1. The van der Waals surface area contributed by atoms with Crippen molar-refractivity contribution in [2.24, 2.45) is 0 Å². The molecule has 3 aromatic rings. The van der Waals surface area contributed by atoms with Crippen molar-refractivity contribution in [3.05, 3.63) is 58.2 Å². The first kappa shape index (κ1) is 19.0. The highest BCUT2D eigenvalue weighted by molar-refractivity contribution is 7.07. The first-order valence-corrected chi connectivity index (χ1v) is 10.8. The molecule has 1 fully saturated rings. The fourth-order valence-electron chi connectivity index (χ4n) is 4.11. The Balaban J connectivity index is 1.70.